The molecule has 6 nitrogen and oxygen atoms in total. The van der Waals surface area contributed by atoms with E-state index in [4.69, 9.17) is 5.11 Å². The number of aliphatic imine (C=N–C) groups is 1. The number of amidine groups is 1. The Morgan fingerprint density at radius 1 is 1.65 bits per heavy atom. The van der Waals surface area contributed by atoms with Gasteiger partial charge < -0.3 is 15.4 Å². The largest absolute Gasteiger partial charge is 0.480 e. The third kappa shape index (κ3) is 3.24. The first-order valence-electron chi connectivity index (χ1n) is 4.54. The molecular weight excluding hydrogens is 266 g/mol. The Hall–Kier alpha value is -1.47. The second-order valence-corrected chi connectivity index (χ2v) is 4.16. The summed E-state index contributed by atoms with van der Waals surface area (Å²) in [7, 11) is 0. The van der Waals surface area contributed by atoms with Crippen LogP contribution in [0.1, 0.15) is 0 Å². The summed E-state index contributed by atoms with van der Waals surface area (Å²) in [5.41, 5.74) is 0.195. The monoisotopic (exact) mass is 275 g/mol. The molecule has 2 rings (SSSR count). The van der Waals surface area contributed by atoms with E-state index >= 15 is 0 Å². The third-order valence-electron chi connectivity index (χ3n) is 2.00. The van der Waals surface area contributed by atoms with Gasteiger partial charge in [-0.25, -0.2) is 9.79 Å². The first-order chi connectivity index (χ1) is 7.66. The van der Waals surface area contributed by atoms with Crippen molar-refractivity contribution in [3.05, 3.63) is 28.7 Å². The van der Waals surface area contributed by atoms with Crippen LogP contribution in [0.2, 0.25) is 0 Å². The van der Waals surface area contributed by atoms with Gasteiger partial charge in [-0.05, 0) is 0 Å². The number of H-pyrrole nitrogens is 1. The van der Waals surface area contributed by atoms with Crippen LogP contribution in [-0.4, -0.2) is 33.0 Å². The van der Waals surface area contributed by atoms with Gasteiger partial charge >= 0.3 is 5.97 Å². The Morgan fingerprint density at radius 3 is 3.00 bits per heavy atom. The summed E-state index contributed by atoms with van der Waals surface area (Å²) < 4.78 is 0. The first-order valence-corrected chi connectivity index (χ1v) is 5.53. The molecule has 0 unspecified atom stereocenters. The molecule has 0 radical (unpaired) electrons. The van der Waals surface area contributed by atoms with Crippen molar-refractivity contribution < 1.29 is 9.90 Å². The van der Waals surface area contributed by atoms with Crippen molar-refractivity contribution in [1.29, 1.82) is 0 Å². The maximum Gasteiger partial charge on any atom is 0.329 e. The molecule has 1 aliphatic heterocycles. The molecule has 0 saturated heterocycles. The second-order valence-electron chi connectivity index (χ2n) is 3.15. The third-order valence-corrected chi connectivity index (χ3v) is 2.97. The van der Waals surface area contributed by atoms with Gasteiger partial charge in [0.15, 0.2) is 11.2 Å². The van der Waals surface area contributed by atoms with E-state index in [9.17, 15) is 9.59 Å². The second kappa shape index (κ2) is 5.74. The highest BCUT2D eigenvalue weighted by Crippen LogP contribution is 2.18. The minimum atomic E-state index is -0.953. The lowest BCUT2D eigenvalue weighted by molar-refractivity contribution is -0.137. The van der Waals surface area contributed by atoms with Crippen LogP contribution >= 0.6 is 24.2 Å². The lowest BCUT2D eigenvalue weighted by Crippen LogP contribution is -2.17. The predicted octanol–water partition coefficient (Wildman–Crippen LogP) is 0.765. The fourth-order valence-corrected chi connectivity index (χ4v) is 2.11. The number of halogens is 1. The van der Waals surface area contributed by atoms with Gasteiger partial charge in [0.25, 0.3) is 0 Å². The van der Waals surface area contributed by atoms with E-state index in [0.717, 1.165) is 0 Å². The first kappa shape index (κ1) is 13.6. The Balaban J connectivity index is 0.00000144. The van der Waals surface area contributed by atoms with Crippen molar-refractivity contribution in [2.24, 2.45) is 4.99 Å². The molecule has 0 spiro atoms. The quantitative estimate of drug-likeness (QED) is 0.741. The normalized spacial score (nSPS) is 18.1. The average Bonchev–Trinajstić information content (AvgIpc) is 2.70. The molecule has 0 saturated carbocycles. The van der Waals surface area contributed by atoms with Crippen LogP contribution in [0.4, 0.5) is 5.69 Å². The van der Waals surface area contributed by atoms with Gasteiger partial charge in [-0.15, -0.1) is 12.4 Å². The van der Waals surface area contributed by atoms with Crippen molar-refractivity contribution in [1.82, 2.24) is 4.98 Å². The van der Waals surface area contributed by atoms with Gasteiger partial charge in [-0.2, -0.15) is 0 Å². The van der Waals surface area contributed by atoms with Gasteiger partial charge in [-0.3, -0.25) is 4.79 Å². The molecular formula is C9H10ClN3O3S. The zero-order chi connectivity index (χ0) is 11.5. The summed E-state index contributed by atoms with van der Waals surface area (Å²) in [6.07, 6.45) is 3.04. The van der Waals surface area contributed by atoms with Crippen LogP contribution in [-0.2, 0) is 4.79 Å². The summed E-state index contributed by atoms with van der Waals surface area (Å²) >= 11 is 1.29. The number of hydrogen-bond acceptors (Lipinski definition) is 5. The molecule has 8 heteroatoms. The predicted molar refractivity (Wildman–Crippen MR) is 69.3 cm³/mol. The number of nitrogens with zero attached hydrogens (tertiary/aromatic N) is 1. The minimum absolute atomic E-state index is 0. The Labute approximate surface area is 107 Å². The van der Waals surface area contributed by atoms with E-state index in [2.05, 4.69) is 15.3 Å². The molecule has 2 heterocycles. The number of aliphatic carboxylic acids is 1. The molecule has 92 valence electrons. The highest BCUT2D eigenvalue weighted by Gasteiger charge is 2.24. The fraction of sp³-hybridized carbons (Fsp3) is 0.222. The van der Waals surface area contributed by atoms with Crippen LogP contribution in [0.5, 0.6) is 0 Å². The lowest BCUT2D eigenvalue weighted by atomic mass is 10.4. The number of aromatic nitrogens is 1. The molecule has 0 amide bonds. The zero-order valence-corrected chi connectivity index (χ0v) is 10.2. The highest BCUT2D eigenvalue weighted by atomic mass is 35.5. The summed E-state index contributed by atoms with van der Waals surface area (Å²) in [5, 5.41) is 12.0. The topological polar surface area (TPSA) is 94.5 Å². The van der Waals surface area contributed by atoms with Crippen molar-refractivity contribution in [3.8, 4) is 0 Å². The highest BCUT2D eigenvalue weighted by molar-refractivity contribution is 8.14. The van der Waals surface area contributed by atoms with Crippen molar-refractivity contribution in [3.63, 3.8) is 0 Å². The van der Waals surface area contributed by atoms with Crippen LogP contribution in [0.3, 0.4) is 0 Å². The SMILES string of the molecule is Cl.O=C(O)[C@@H]1CSC(Nc2c[nH]ccc2=O)=N1. The Bertz CT molecular complexity index is 502. The van der Waals surface area contributed by atoms with Crippen LogP contribution < -0.4 is 10.7 Å². The van der Waals surface area contributed by atoms with E-state index in [1.807, 2.05) is 0 Å². The smallest absolute Gasteiger partial charge is 0.329 e. The number of thioether (sulfide) groups is 1. The van der Waals surface area contributed by atoms with Gasteiger partial charge in [0.2, 0.25) is 5.43 Å². The van der Waals surface area contributed by atoms with Crippen molar-refractivity contribution in [2.45, 2.75) is 6.04 Å². The number of carboxylic acid groups (broad SMARTS) is 1. The van der Waals surface area contributed by atoms with Gasteiger partial charge in [0.05, 0.1) is 0 Å². The molecule has 0 aromatic carbocycles. The van der Waals surface area contributed by atoms with Gasteiger partial charge in [0.1, 0.15) is 5.69 Å². The maximum absolute atomic E-state index is 11.4. The number of pyridine rings is 1. The molecule has 0 bridgehead atoms. The summed E-state index contributed by atoms with van der Waals surface area (Å²) in [6, 6.07) is 0.660. The standard InChI is InChI=1S/C9H9N3O3S.ClH/c13-7-1-2-10-3-5(7)11-9-12-6(4-16-9)8(14)15;/h1-3,6H,4H2,(H,10,13)(H,11,12)(H,14,15);1H/t6-;/m0./s1. The number of nitrogens with one attached hydrogen (secondary N) is 2. The van der Waals surface area contributed by atoms with E-state index in [0.29, 0.717) is 16.6 Å². The molecule has 1 atom stereocenters. The van der Waals surface area contributed by atoms with E-state index < -0.39 is 12.0 Å². The van der Waals surface area contributed by atoms with E-state index in [1.165, 1.54) is 30.2 Å². The minimum Gasteiger partial charge on any atom is -0.480 e. The molecule has 0 aliphatic carbocycles. The lowest BCUT2D eigenvalue weighted by Gasteiger charge is -2.02. The van der Waals surface area contributed by atoms with Crippen molar-refractivity contribution in [2.75, 3.05) is 11.1 Å². The number of hydrogen-bond donors (Lipinski definition) is 3. The number of aromatic amines is 1. The number of carbonyl (C=O) groups is 1. The molecule has 17 heavy (non-hydrogen) atoms. The van der Waals surface area contributed by atoms with Gasteiger partial charge in [-0.1, -0.05) is 11.8 Å². The number of anilines is 1. The number of rotatable bonds is 2. The van der Waals surface area contributed by atoms with E-state index in [-0.39, 0.29) is 17.8 Å². The number of carboxylic acids is 1. The van der Waals surface area contributed by atoms with Gasteiger partial charge in [0, 0.05) is 24.2 Å². The zero-order valence-electron chi connectivity index (χ0n) is 8.54. The summed E-state index contributed by atoms with van der Waals surface area (Å²) in [6.45, 7) is 0. The Kier molecular flexibility index (Phi) is 4.59. The maximum atomic E-state index is 11.4. The summed E-state index contributed by atoms with van der Waals surface area (Å²) in [4.78, 5) is 28.7. The van der Waals surface area contributed by atoms with Crippen LogP contribution in [0, 0.1) is 0 Å². The van der Waals surface area contributed by atoms with Crippen LogP contribution in [0.25, 0.3) is 0 Å². The molecule has 3 N–H and O–H groups in total. The molecule has 1 aliphatic rings. The molecule has 0 fully saturated rings. The average molecular weight is 276 g/mol. The summed E-state index contributed by atoms with van der Waals surface area (Å²) in [5.74, 6) is -0.561. The van der Waals surface area contributed by atoms with E-state index in [1.54, 1.807) is 0 Å². The fourth-order valence-electron chi connectivity index (χ4n) is 1.20. The Morgan fingerprint density at radius 2 is 2.41 bits per heavy atom. The molecule has 1 aromatic rings. The van der Waals surface area contributed by atoms with Crippen LogP contribution in [0.15, 0.2) is 28.2 Å². The molecule has 1 aromatic heterocycles. The van der Waals surface area contributed by atoms with Crippen molar-refractivity contribution >= 4 is 41.0 Å².